The molecular formula is C10H20N2O2S. The maximum absolute atomic E-state index is 11.2. The molecule has 1 unspecified atom stereocenters. The molecule has 1 aliphatic carbocycles. The van der Waals surface area contributed by atoms with E-state index in [-0.39, 0.29) is 0 Å². The van der Waals surface area contributed by atoms with Crippen LogP contribution in [0.15, 0.2) is 0 Å². The highest BCUT2D eigenvalue weighted by Gasteiger charge is 2.29. The van der Waals surface area contributed by atoms with Crippen molar-refractivity contribution in [2.45, 2.75) is 25.3 Å². The van der Waals surface area contributed by atoms with Gasteiger partial charge >= 0.3 is 0 Å². The van der Waals surface area contributed by atoms with Crippen molar-refractivity contribution < 1.29 is 8.42 Å². The van der Waals surface area contributed by atoms with Crippen molar-refractivity contribution in [2.24, 2.45) is 11.7 Å². The third-order valence-electron chi connectivity index (χ3n) is 3.44. The molecule has 1 aliphatic heterocycles. The molecule has 2 aliphatic rings. The highest BCUT2D eigenvalue weighted by atomic mass is 32.2. The molecule has 2 rings (SSSR count). The molecular weight excluding hydrogens is 212 g/mol. The van der Waals surface area contributed by atoms with E-state index < -0.39 is 9.84 Å². The number of nitrogens with zero attached hydrogens (tertiary/aromatic N) is 1. The minimum absolute atomic E-state index is 0.325. The Kier molecular flexibility index (Phi) is 3.33. The summed E-state index contributed by atoms with van der Waals surface area (Å²) in [5.74, 6) is 1.40. The molecule has 0 aromatic carbocycles. The van der Waals surface area contributed by atoms with Gasteiger partial charge in [0.25, 0.3) is 0 Å². The quantitative estimate of drug-likeness (QED) is 0.732. The van der Waals surface area contributed by atoms with Crippen LogP contribution in [0.5, 0.6) is 0 Å². The summed E-state index contributed by atoms with van der Waals surface area (Å²) in [4.78, 5) is 2.23. The van der Waals surface area contributed by atoms with Gasteiger partial charge in [0.15, 0.2) is 9.84 Å². The van der Waals surface area contributed by atoms with E-state index in [4.69, 9.17) is 5.73 Å². The van der Waals surface area contributed by atoms with Crippen LogP contribution in [0.2, 0.25) is 0 Å². The molecule has 1 atom stereocenters. The van der Waals surface area contributed by atoms with Gasteiger partial charge in [0.2, 0.25) is 0 Å². The zero-order valence-corrected chi connectivity index (χ0v) is 9.88. The van der Waals surface area contributed by atoms with Crippen LogP contribution in [0.25, 0.3) is 0 Å². The smallest absolute Gasteiger partial charge is 0.152 e. The van der Waals surface area contributed by atoms with Crippen molar-refractivity contribution in [1.29, 1.82) is 0 Å². The van der Waals surface area contributed by atoms with E-state index >= 15 is 0 Å². The predicted molar refractivity (Wildman–Crippen MR) is 60.4 cm³/mol. The van der Waals surface area contributed by atoms with Gasteiger partial charge in [-0.1, -0.05) is 0 Å². The van der Waals surface area contributed by atoms with Crippen molar-refractivity contribution in [3.05, 3.63) is 0 Å². The summed E-state index contributed by atoms with van der Waals surface area (Å²) < 4.78 is 22.4. The SMILES string of the molecule is NC(CCN1CCS(=O)(=O)CC1)C1CC1. The van der Waals surface area contributed by atoms with Gasteiger partial charge in [0, 0.05) is 19.1 Å². The summed E-state index contributed by atoms with van der Waals surface area (Å²) >= 11 is 0. The summed E-state index contributed by atoms with van der Waals surface area (Å²) in [6.45, 7) is 2.35. The third kappa shape index (κ3) is 3.43. The maximum atomic E-state index is 11.2. The molecule has 0 bridgehead atoms. The van der Waals surface area contributed by atoms with Crippen molar-refractivity contribution in [3.8, 4) is 0 Å². The van der Waals surface area contributed by atoms with Gasteiger partial charge in [-0.3, -0.25) is 0 Å². The molecule has 0 aromatic rings. The zero-order chi connectivity index (χ0) is 10.9. The molecule has 1 heterocycles. The van der Waals surface area contributed by atoms with Gasteiger partial charge in [-0.05, 0) is 31.7 Å². The summed E-state index contributed by atoms with van der Waals surface area (Å²) in [5, 5.41) is 0. The van der Waals surface area contributed by atoms with E-state index in [1.165, 1.54) is 12.8 Å². The molecule has 0 radical (unpaired) electrons. The Bertz CT molecular complexity index is 297. The second-order valence-corrected chi connectivity index (χ2v) is 7.09. The number of hydrogen-bond donors (Lipinski definition) is 1. The topological polar surface area (TPSA) is 63.4 Å². The van der Waals surface area contributed by atoms with Crippen LogP contribution in [-0.2, 0) is 9.84 Å². The second kappa shape index (κ2) is 4.39. The van der Waals surface area contributed by atoms with Crippen LogP contribution >= 0.6 is 0 Å². The van der Waals surface area contributed by atoms with Crippen LogP contribution in [0.3, 0.4) is 0 Å². The van der Waals surface area contributed by atoms with Crippen LogP contribution in [0.1, 0.15) is 19.3 Å². The molecule has 88 valence electrons. The summed E-state index contributed by atoms with van der Waals surface area (Å²) in [6, 6.07) is 0.337. The molecule has 1 saturated carbocycles. The minimum atomic E-state index is -2.73. The van der Waals surface area contributed by atoms with E-state index in [0.717, 1.165) is 18.9 Å². The van der Waals surface area contributed by atoms with Gasteiger partial charge in [0.1, 0.15) is 0 Å². The van der Waals surface area contributed by atoms with Crippen molar-refractivity contribution in [1.82, 2.24) is 4.90 Å². The van der Waals surface area contributed by atoms with Crippen molar-refractivity contribution in [2.75, 3.05) is 31.1 Å². The standard InChI is InChI=1S/C10H20N2O2S/c11-10(9-1-2-9)3-4-12-5-7-15(13,14)8-6-12/h9-10H,1-8,11H2. The van der Waals surface area contributed by atoms with Crippen molar-refractivity contribution in [3.63, 3.8) is 0 Å². The van der Waals surface area contributed by atoms with Gasteiger partial charge in [0.05, 0.1) is 11.5 Å². The lowest BCUT2D eigenvalue weighted by Gasteiger charge is -2.27. The normalized spacial score (nSPS) is 28.9. The van der Waals surface area contributed by atoms with Gasteiger partial charge in [-0.25, -0.2) is 8.42 Å². The molecule has 0 aromatic heterocycles. The van der Waals surface area contributed by atoms with E-state index in [9.17, 15) is 8.42 Å². The first-order valence-corrected chi connectivity index (χ1v) is 7.57. The first-order chi connectivity index (χ1) is 7.07. The Balaban J connectivity index is 1.68. The number of hydrogen-bond acceptors (Lipinski definition) is 4. The lowest BCUT2D eigenvalue weighted by Crippen LogP contribution is -2.42. The summed E-state index contributed by atoms with van der Waals surface area (Å²) in [7, 11) is -2.73. The van der Waals surface area contributed by atoms with E-state index in [0.29, 0.717) is 30.6 Å². The molecule has 4 nitrogen and oxygen atoms in total. The monoisotopic (exact) mass is 232 g/mol. The first-order valence-electron chi connectivity index (χ1n) is 5.75. The fourth-order valence-corrected chi connectivity index (χ4v) is 3.34. The third-order valence-corrected chi connectivity index (χ3v) is 5.05. The number of rotatable bonds is 4. The Morgan fingerprint density at radius 1 is 1.27 bits per heavy atom. The zero-order valence-electron chi connectivity index (χ0n) is 9.06. The van der Waals surface area contributed by atoms with E-state index in [1.807, 2.05) is 0 Å². The van der Waals surface area contributed by atoms with E-state index in [2.05, 4.69) is 4.90 Å². The van der Waals surface area contributed by atoms with Crippen LogP contribution in [0, 0.1) is 5.92 Å². The van der Waals surface area contributed by atoms with Gasteiger partial charge in [-0.15, -0.1) is 0 Å². The lowest BCUT2D eigenvalue weighted by molar-refractivity contribution is 0.279. The lowest BCUT2D eigenvalue weighted by atomic mass is 10.1. The maximum Gasteiger partial charge on any atom is 0.152 e. The molecule has 2 fully saturated rings. The minimum Gasteiger partial charge on any atom is -0.327 e. The fraction of sp³-hybridized carbons (Fsp3) is 1.00. The second-order valence-electron chi connectivity index (χ2n) is 4.78. The molecule has 5 heteroatoms. The Labute approximate surface area is 91.7 Å². The largest absolute Gasteiger partial charge is 0.327 e. The van der Waals surface area contributed by atoms with Gasteiger partial charge < -0.3 is 10.6 Å². The molecule has 15 heavy (non-hydrogen) atoms. The highest BCUT2D eigenvalue weighted by molar-refractivity contribution is 7.91. The molecule has 1 saturated heterocycles. The number of sulfone groups is 1. The average Bonchev–Trinajstić information content (AvgIpc) is 2.99. The summed E-state index contributed by atoms with van der Waals surface area (Å²) in [5.41, 5.74) is 6.00. The first kappa shape index (κ1) is 11.4. The number of nitrogens with two attached hydrogens (primary N) is 1. The summed E-state index contributed by atoms with van der Waals surface area (Å²) in [6.07, 6.45) is 3.59. The molecule has 0 spiro atoms. The van der Waals surface area contributed by atoms with E-state index in [1.54, 1.807) is 0 Å². The molecule has 0 amide bonds. The fourth-order valence-electron chi connectivity index (χ4n) is 2.07. The Morgan fingerprint density at radius 3 is 2.40 bits per heavy atom. The van der Waals surface area contributed by atoms with Gasteiger partial charge in [-0.2, -0.15) is 0 Å². The molecule has 2 N–H and O–H groups in total. The predicted octanol–water partition coefficient (Wildman–Crippen LogP) is -0.156. The average molecular weight is 232 g/mol. The highest BCUT2D eigenvalue weighted by Crippen LogP contribution is 2.32. The Hall–Kier alpha value is -0.130. The van der Waals surface area contributed by atoms with Crippen LogP contribution in [0.4, 0.5) is 0 Å². The Morgan fingerprint density at radius 2 is 1.87 bits per heavy atom. The van der Waals surface area contributed by atoms with Crippen LogP contribution < -0.4 is 5.73 Å². The van der Waals surface area contributed by atoms with Crippen molar-refractivity contribution >= 4 is 9.84 Å². The van der Waals surface area contributed by atoms with Crippen LogP contribution in [-0.4, -0.2) is 50.5 Å².